The Balaban J connectivity index is 1.35. The van der Waals surface area contributed by atoms with Gasteiger partial charge in [-0.1, -0.05) is 25.3 Å². The zero-order chi connectivity index (χ0) is 23.5. The molecule has 1 aromatic heterocycles. The van der Waals surface area contributed by atoms with Gasteiger partial charge in [-0.2, -0.15) is 5.26 Å². The number of benzene rings is 1. The molecule has 3 aliphatic rings. The van der Waals surface area contributed by atoms with Gasteiger partial charge in [0.15, 0.2) is 5.69 Å². The van der Waals surface area contributed by atoms with E-state index in [4.69, 9.17) is 10.00 Å². The van der Waals surface area contributed by atoms with Gasteiger partial charge in [0.05, 0.1) is 5.41 Å². The molecule has 1 unspecified atom stereocenters. The van der Waals surface area contributed by atoms with Gasteiger partial charge in [0.1, 0.15) is 17.9 Å². The van der Waals surface area contributed by atoms with Crippen molar-refractivity contribution in [3.63, 3.8) is 0 Å². The lowest BCUT2D eigenvalue weighted by molar-refractivity contribution is -0.124. The second-order valence-corrected chi connectivity index (χ2v) is 9.33. The minimum absolute atomic E-state index is 0.00964. The lowest BCUT2D eigenvalue weighted by Gasteiger charge is -2.31. The van der Waals surface area contributed by atoms with Crippen LogP contribution in [0.3, 0.4) is 0 Å². The van der Waals surface area contributed by atoms with E-state index in [-0.39, 0.29) is 23.4 Å². The van der Waals surface area contributed by atoms with E-state index in [0.717, 1.165) is 36.9 Å². The topological polar surface area (TPSA) is 129 Å². The molecule has 1 aliphatic carbocycles. The van der Waals surface area contributed by atoms with E-state index in [2.05, 4.69) is 26.1 Å². The number of rotatable bonds is 5. The molecule has 1 saturated carbocycles. The fraction of sp³-hybridized carbons (Fsp3) is 0.480. The van der Waals surface area contributed by atoms with Crippen molar-refractivity contribution < 1.29 is 14.3 Å². The first-order valence-electron chi connectivity index (χ1n) is 11.9. The van der Waals surface area contributed by atoms with E-state index in [0.29, 0.717) is 37.6 Å². The Hall–Kier alpha value is -3.51. The highest BCUT2D eigenvalue weighted by Crippen LogP contribution is 2.45. The Bertz CT molecular complexity index is 1110. The summed E-state index contributed by atoms with van der Waals surface area (Å²) in [7, 11) is 0. The molecule has 2 aromatic rings. The largest absolute Gasteiger partial charge is 0.381 e. The molecule has 9 nitrogen and oxygen atoms in total. The highest BCUT2D eigenvalue weighted by atomic mass is 16.5. The van der Waals surface area contributed by atoms with Crippen molar-refractivity contribution >= 4 is 29.0 Å². The van der Waals surface area contributed by atoms with Crippen LogP contribution < -0.4 is 16.0 Å². The van der Waals surface area contributed by atoms with E-state index in [1.54, 1.807) is 12.1 Å². The first-order valence-corrected chi connectivity index (χ1v) is 11.9. The van der Waals surface area contributed by atoms with E-state index in [1.807, 2.05) is 24.3 Å². The number of ether oxygens (including phenoxy) is 1. The second kappa shape index (κ2) is 9.39. The number of carbonyl (C=O) groups excluding carboxylic acids is 2. The summed E-state index contributed by atoms with van der Waals surface area (Å²) in [5.41, 5.74) is 2.07. The average molecular weight is 461 g/mol. The minimum atomic E-state index is -0.531. The van der Waals surface area contributed by atoms with Crippen LogP contribution in [-0.4, -0.2) is 41.3 Å². The number of nitrogens with zero attached hydrogens (tertiary/aromatic N) is 3. The highest BCUT2D eigenvalue weighted by molar-refractivity contribution is 6.07. The van der Waals surface area contributed by atoms with Gasteiger partial charge in [-0.25, -0.2) is 0 Å². The monoisotopic (exact) mass is 460 g/mol. The van der Waals surface area contributed by atoms with Crippen LogP contribution in [-0.2, 0) is 19.7 Å². The lowest BCUT2D eigenvalue weighted by atomic mass is 9.75. The summed E-state index contributed by atoms with van der Waals surface area (Å²) >= 11 is 0. The second-order valence-electron chi connectivity index (χ2n) is 9.33. The summed E-state index contributed by atoms with van der Waals surface area (Å²) in [6.07, 6.45) is 6.60. The number of hydrogen-bond donors (Lipinski definition) is 3. The van der Waals surface area contributed by atoms with Crippen molar-refractivity contribution in [2.75, 3.05) is 29.2 Å². The van der Waals surface area contributed by atoms with Crippen LogP contribution in [0.1, 0.15) is 56.2 Å². The molecule has 0 bridgehead atoms. The molecule has 1 spiro atoms. The van der Waals surface area contributed by atoms with Gasteiger partial charge in [0.2, 0.25) is 11.8 Å². The Morgan fingerprint density at radius 1 is 1.15 bits per heavy atom. The van der Waals surface area contributed by atoms with Gasteiger partial charge >= 0.3 is 0 Å². The molecule has 34 heavy (non-hydrogen) atoms. The molecule has 1 saturated heterocycles. The van der Waals surface area contributed by atoms with Gasteiger partial charge in [-0.3, -0.25) is 9.59 Å². The van der Waals surface area contributed by atoms with Crippen LogP contribution >= 0.6 is 0 Å². The molecule has 176 valence electrons. The molecular formula is C25H28N6O3. The maximum absolute atomic E-state index is 13.4. The van der Waals surface area contributed by atoms with Gasteiger partial charge in [-0.05, 0) is 61.4 Å². The van der Waals surface area contributed by atoms with Crippen LogP contribution in [0.4, 0.5) is 17.2 Å². The Morgan fingerprint density at radius 3 is 2.65 bits per heavy atom. The molecular weight excluding hydrogens is 432 g/mol. The van der Waals surface area contributed by atoms with Crippen LogP contribution in [0.2, 0.25) is 0 Å². The summed E-state index contributed by atoms with van der Waals surface area (Å²) in [6, 6.07) is 10.4. The predicted octanol–water partition coefficient (Wildman–Crippen LogP) is 3.35. The SMILES string of the molecule is N#Cc1ccc(NC(C(=O)Nc2ccc3c(c2)NC(=O)C32CCOCC2)C2CCCCC2)nn1. The number of nitriles is 1. The van der Waals surface area contributed by atoms with Crippen molar-refractivity contribution in [3.8, 4) is 6.07 Å². The fourth-order valence-corrected chi connectivity index (χ4v) is 5.44. The Morgan fingerprint density at radius 2 is 1.94 bits per heavy atom. The maximum Gasteiger partial charge on any atom is 0.247 e. The third-order valence-corrected chi connectivity index (χ3v) is 7.32. The van der Waals surface area contributed by atoms with Crippen molar-refractivity contribution in [2.24, 2.45) is 5.92 Å². The zero-order valence-electron chi connectivity index (χ0n) is 19.0. The molecule has 0 radical (unpaired) electrons. The van der Waals surface area contributed by atoms with Crippen LogP contribution in [0.25, 0.3) is 0 Å². The molecule has 2 fully saturated rings. The normalized spacial score (nSPS) is 20.1. The van der Waals surface area contributed by atoms with Crippen molar-refractivity contribution in [1.29, 1.82) is 5.26 Å². The molecule has 3 N–H and O–H groups in total. The molecule has 2 amide bonds. The zero-order valence-corrected chi connectivity index (χ0v) is 19.0. The third-order valence-electron chi connectivity index (χ3n) is 7.32. The van der Waals surface area contributed by atoms with Gasteiger partial charge in [-0.15, -0.1) is 10.2 Å². The number of aromatic nitrogens is 2. The number of amides is 2. The standard InChI is InChI=1S/C25H28N6O3/c26-15-18-7-9-21(31-30-18)29-22(16-4-2-1-3-5-16)23(32)27-17-6-8-19-20(14-17)28-24(33)25(19)10-12-34-13-11-25/h6-9,14,16,22H,1-5,10-13H2,(H,27,32)(H,28,33)(H,29,31). The van der Waals surface area contributed by atoms with Gasteiger partial charge in [0, 0.05) is 24.6 Å². The summed E-state index contributed by atoms with van der Waals surface area (Å²) in [4.78, 5) is 26.2. The van der Waals surface area contributed by atoms with Crippen molar-refractivity contribution in [3.05, 3.63) is 41.6 Å². The summed E-state index contributed by atoms with van der Waals surface area (Å²) < 4.78 is 5.47. The van der Waals surface area contributed by atoms with E-state index >= 15 is 0 Å². The van der Waals surface area contributed by atoms with E-state index < -0.39 is 11.5 Å². The summed E-state index contributed by atoms with van der Waals surface area (Å²) in [6.45, 7) is 1.14. The smallest absolute Gasteiger partial charge is 0.247 e. The highest BCUT2D eigenvalue weighted by Gasteiger charge is 2.47. The number of fused-ring (bicyclic) bond motifs is 2. The minimum Gasteiger partial charge on any atom is -0.381 e. The van der Waals surface area contributed by atoms with Crippen LogP contribution in [0, 0.1) is 17.2 Å². The van der Waals surface area contributed by atoms with Crippen LogP contribution in [0.5, 0.6) is 0 Å². The first-order chi connectivity index (χ1) is 16.6. The molecule has 1 aromatic carbocycles. The fourth-order valence-electron chi connectivity index (χ4n) is 5.44. The molecule has 3 heterocycles. The molecule has 2 aliphatic heterocycles. The molecule has 5 rings (SSSR count). The lowest BCUT2D eigenvalue weighted by Crippen LogP contribution is -2.42. The summed E-state index contributed by atoms with van der Waals surface area (Å²) in [5.74, 6) is 0.497. The predicted molar refractivity (Wildman–Crippen MR) is 126 cm³/mol. The van der Waals surface area contributed by atoms with E-state index in [1.165, 1.54) is 6.42 Å². The third kappa shape index (κ3) is 4.21. The van der Waals surface area contributed by atoms with Gasteiger partial charge < -0.3 is 20.7 Å². The first kappa shape index (κ1) is 22.3. The summed E-state index contributed by atoms with van der Waals surface area (Å²) in [5, 5.41) is 26.2. The Labute approximate surface area is 198 Å². The molecule has 9 heteroatoms. The quantitative estimate of drug-likeness (QED) is 0.624. The Kier molecular flexibility index (Phi) is 6.16. The van der Waals surface area contributed by atoms with Gasteiger partial charge in [0.25, 0.3) is 0 Å². The van der Waals surface area contributed by atoms with Crippen molar-refractivity contribution in [2.45, 2.75) is 56.4 Å². The number of nitrogens with one attached hydrogen (secondary N) is 3. The van der Waals surface area contributed by atoms with Crippen molar-refractivity contribution in [1.82, 2.24) is 10.2 Å². The number of anilines is 3. The number of carbonyl (C=O) groups is 2. The average Bonchev–Trinajstić information content (AvgIpc) is 3.13. The van der Waals surface area contributed by atoms with Crippen LogP contribution in [0.15, 0.2) is 30.3 Å². The van der Waals surface area contributed by atoms with E-state index in [9.17, 15) is 9.59 Å². The maximum atomic E-state index is 13.4. The number of hydrogen-bond acceptors (Lipinski definition) is 7. The molecule has 1 atom stereocenters.